The second kappa shape index (κ2) is 11.8. The molecule has 3 aromatic rings. The van der Waals surface area contributed by atoms with E-state index in [1.807, 2.05) is 12.1 Å². The van der Waals surface area contributed by atoms with Crippen LogP contribution >= 0.6 is 11.3 Å². The highest BCUT2D eigenvalue weighted by Crippen LogP contribution is 2.17. The molecule has 3 rings (SSSR count). The summed E-state index contributed by atoms with van der Waals surface area (Å²) in [5.74, 6) is 0.429. The fraction of sp³-hybridized carbons (Fsp3) is 0.273. The number of urea groups is 1. The van der Waals surface area contributed by atoms with Gasteiger partial charge in [-0.3, -0.25) is 9.78 Å². The number of nitrogens with zero attached hydrogens (tertiary/aromatic N) is 3. The molecule has 0 fully saturated rings. The molecule has 2 aromatic heterocycles. The molecule has 1 aromatic carbocycles. The van der Waals surface area contributed by atoms with E-state index in [1.165, 1.54) is 11.3 Å². The van der Waals surface area contributed by atoms with E-state index in [-0.39, 0.29) is 18.5 Å². The van der Waals surface area contributed by atoms with E-state index in [0.717, 1.165) is 5.56 Å². The molecular weight excluding hydrogens is 430 g/mol. The van der Waals surface area contributed by atoms with E-state index in [4.69, 9.17) is 9.47 Å². The summed E-state index contributed by atoms with van der Waals surface area (Å²) in [6, 6.07) is 10.5. The van der Waals surface area contributed by atoms with Crippen LogP contribution in [-0.4, -0.2) is 54.2 Å². The molecule has 0 aliphatic heterocycles. The summed E-state index contributed by atoms with van der Waals surface area (Å²) >= 11 is 1.33. The minimum absolute atomic E-state index is 0.256. The van der Waals surface area contributed by atoms with Crippen LogP contribution in [-0.2, 0) is 17.8 Å². The molecule has 168 valence electrons. The van der Waals surface area contributed by atoms with Crippen LogP contribution in [0.25, 0.3) is 0 Å². The van der Waals surface area contributed by atoms with E-state index in [1.54, 1.807) is 61.2 Å². The molecule has 9 nitrogen and oxygen atoms in total. The van der Waals surface area contributed by atoms with Gasteiger partial charge in [-0.2, -0.15) is 0 Å². The smallest absolute Gasteiger partial charge is 0.322 e. The Hall–Kier alpha value is -3.50. The largest absolute Gasteiger partial charge is 0.497 e. The quantitative estimate of drug-likeness (QED) is 0.487. The van der Waals surface area contributed by atoms with Crippen LogP contribution < -0.4 is 15.4 Å². The van der Waals surface area contributed by atoms with Gasteiger partial charge < -0.3 is 25.0 Å². The first-order valence-electron chi connectivity index (χ1n) is 9.89. The van der Waals surface area contributed by atoms with Crippen molar-refractivity contribution in [3.05, 3.63) is 70.4 Å². The first kappa shape index (κ1) is 23.2. The van der Waals surface area contributed by atoms with Crippen LogP contribution in [0, 0.1) is 0 Å². The number of nitrogens with one attached hydrogen (secondary N) is 2. The van der Waals surface area contributed by atoms with Crippen LogP contribution in [0.15, 0.2) is 54.2 Å². The normalized spacial score (nSPS) is 10.4. The summed E-state index contributed by atoms with van der Waals surface area (Å²) in [5, 5.41) is 8.02. The molecule has 0 saturated heterocycles. The van der Waals surface area contributed by atoms with Gasteiger partial charge in [-0.05, 0) is 35.9 Å². The van der Waals surface area contributed by atoms with Crippen molar-refractivity contribution >= 4 is 29.0 Å². The number of hydrogen-bond acceptors (Lipinski definition) is 7. The van der Waals surface area contributed by atoms with Gasteiger partial charge in [-0.25, -0.2) is 9.78 Å². The maximum absolute atomic E-state index is 12.8. The molecule has 0 atom stereocenters. The number of hydrogen-bond donors (Lipinski definition) is 2. The van der Waals surface area contributed by atoms with Crippen molar-refractivity contribution < 1.29 is 19.1 Å². The molecule has 0 saturated carbocycles. The minimum atomic E-state index is -0.287. The van der Waals surface area contributed by atoms with Crippen LogP contribution in [0.5, 0.6) is 5.75 Å². The summed E-state index contributed by atoms with van der Waals surface area (Å²) in [6.07, 6.45) is 3.38. The lowest BCUT2D eigenvalue weighted by Crippen LogP contribution is -2.36. The summed E-state index contributed by atoms with van der Waals surface area (Å²) in [4.78, 5) is 35.2. The fourth-order valence-corrected chi connectivity index (χ4v) is 3.55. The monoisotopic (exact) mass is 455 g/mol. The number of anilines is 1. The molecule has 3 amide bonds. The van der Waals surface area contributed by atoms with Gasteiger partial charge in [-0.1, -0.05) is 6.07 Å². The van der Waals surface area contributed by atoms with Gasteiger partial charge in [0.05, 0.1) is 20.3 Å². The lowest BCUT2D eigenvalue weighted by atomic mass is 10.3. The Morgan fingerprint density at radius 3 is 2.66 bits per heavy atom. The van der Waals surface area contributed by atoms with Gasteiger partial charge in [0.2, 0.25) is 0 Å². The van der Waals surface area contributed by atoms with E-state index < -0.39 is 0 Å². The molecular formula is C22H25N5O4S. The highest BCUT2D eigenvalue weighted by Gasteiger charge is 2.18. The average molecular weight is 456 g/mol. The van der Waals surface area contributed by atoms with Gasteiger partial charge in [0, 0.05) is 43.7 Å². The lowest BCUT2D eigenvalue weighted by molar-refractivity contribution is 0.0946. The standard InChI is InChI=1S/C22H25N5O4S/c1-30-11-10-27(22(29)25-17-5-7-18(31-2)8-6-17)14-20-26-19(15-32-20)21(28)24-13-16-4-3-9-23-12-16/h3-9,12,15H,10-11,13-14H2,1-2H3,(H,24,28)(H,25,29). The van der Waals surface area contributed by atoms with E-state index in [0.29, 0.717) is 41.8 Å². The summed E-state index contributed by atoms with van der Waals surface area (Å²) in [7, 11) is 3.16. The molecule has 2 heterocycles. The van der Waals surface area contributed by atoms with Gasteiger partial charge in [-0.15, -0.1) is 11.3 Å². The lowest BCUT2D eigenvalue weighted by Gasteiger charge is -2.22. The van der Waals surface area contributed by atoms with Crippen molar-refractivity contribution in [2.24, 2.45) is 0 Å². The Kier molecular flexibility index (Phi) is 8.52. The number of amides is 3. The van der Waals surface area contributed by atoms with Crippen molar-refractivity contribution in [3.63, 3.8) is 0 Å². The molecule has 0 bridgehead atoms. The second-order valence-electron chi connectivity index (χ2n) is 6.74. The van der Waals surface area contributed by atoms with E-state index in [2.05, 4.69) is 20.6 Å². The number of rotatable bonds is 10. The summed E-state index contributed by atoms with van der Waals surface area (Å²) in [5.41, 5.74) is 1.86. The Labute approximate surface area is 190 Å². The molecule has 2 N–H and O–H groups in total. The topological polar surface area (TPSA) is 106 Å². The Morgan fingerprint density at radius 1 is 1.16 bits per heavy atom. The predicted molar refractivity (Wildman–Crippen MR) is 122 cm³/mol. The first-order chi connectivity index (χ1) is 15.6. The second-order valence-corrected chi connectivity index (χ2v) is 7.69. The molecule has 0 unspecified atom stereocenters. The summed E-state index contributed by atoms with van der Waals surface area (Å²) < 4.78 is 10.3. The van der Waals surface area contributed by atoms with Crippen LogP contribution in [0.2, 0.25) is 0 Å². The molecule has 0 aliphatic carbocycles. The van der Waals surface area contributed by atoms with Crippen molar-refractivity contribution in [2.75, 3.05) is 32.7 Å². The predicted octanol–water partition coefficient (Wildman–Crippen LogP) is 3.16. The third kappa shape index (κ3) is 6.76. The van der Waals surface area contributed by atoms with Crippen LogP contribution in [0.1, 0.15) is 21.1 Å². The minimum Gasteiger partial charge on any atom is -0.497 e. The average Bonchev–Trinajstić information content (AvgIpc) is 3.30. The molecule has 0 aliphatic rings. The maximum atomic E-state index is 12.8. The fourth-order valence-electron chi connectivity index (χ4n) is 2.76. The number of carbonyl (C=O) groups is 2. The van der Waals surface area contributed by atoms with Crippen LogP contribution in [0.3, 0.4) is 0 Å². The maximum Gasteiger partial charge on any atom is 0.322 e. The highest BCUT2D eigenvalue weighted by molar-refractivity contribution is 7.09. The highest BCUT2D eigenvalue weighted by atomic mass is 32.1. The number of carbonyl (C=O) groups excluding carboxylic acids is 2. The molecule has 10 heteroatoms. The SMILES string of the molecule is COCCN(Cc1nc(C(=O)NCc2cccnc2)cs1)C(=O)Nc1ccc(OC)cc1. The number of methoxy groups -OCH3 is 2. The van der Waals surface area contributed by atoms with Crippen LogP contribution in [0.4, 0.5) is 10.5 Å². The van der Waals surface area contributed by atoms with Crippen molar-refractivity contribution in [3.8, 4) is 5.75 Å². The third-order valence-corrected chi connectivity index (χ3v) is 5.31. The zero-order valence-corrected chi connectivity index (χ0v) is 18.7. The summed E-state index contributed by atoms with van der Waals surface area (Å²) in [6.45, 7) is 1.37. The number of benzene rings is 1. The number of pyridine rings is 1. The molecule has 0 spiro atoms. The molecule has 0 radical (unpaired) electrons. The zero-order chi connectivity index (χ0) is 22.8. The zero-order valence-electron chi connectivity index (χ0n) is 17.9. The number of ether oxygens (including phenoxy) is 2. The number of aromatic nitrogens is 2. The van der Waals surface area contributed by atoms with Gasteiger partial charge in [0.1, 0.15) is 16.5 Å². The van der Waals surface area contributed by atoms with Crippen molar-refractivity contribution in [1.29, 1.82) is 0 Å². The van der Waals surface area contributed by atoms with Gasteiger partial charge >= 0.3 is 6.03 Å². The third-order valence-electron chi connectivity index (χ3n) is 4.48. The first-order valence-corrected chi connectivity index (χ1v) is 10.8. The Bertz CT molecular complexity index is 1010. The Morgan fingerprint density at radius 2 is 1.97 bits per heavy atom. The van der Waals surface area contributed by atoms with Crippen molar-refractivity contribution in [1.82, 2.24) is 20.2 Å². The molecule has 32 heavy (non-hydrogen) atoms. The van der Waals surface area contributed by atoms with Crippen molar-refractivity contribution in [2.45, 2.75) is 13.1 Å². The van der Waals surface area contributed by atoms with E-state index >= 15 is 0 Å². The Balaban J connectivity index is 1.60. The van der Waals surface area contributed by atoms with E-state index in [9.17, 15) is 9.59 Å². The van der Waals surface area contributed by atoms with Gasteiger partial charge in [0.25, 0.3) is 5.91 Å². The number of thiazole rings is 1. The van der Waals surface area contributed by atoms with Gasteiger partial charge in [0.15, 0.2) is 0 Å².